The van der Waals surface area contributed by atoms with Crippen LogP contribution in [0, 0.1) is 0 Å². The second kappa shape index (κ2) is 2.41. The van der Waals surface area contributed by atoms with Gasteiger partial charge in [-0.3, -0.25) is 0 Å². The van der Waals surface area contributed by atoms with E-state index in [1.54, 1.807) is 0 Å². The summed E-state index contributed by atoms with van der Waals surface area (Å²) in [6, 6.07) is 0. The molecule has 1 saturated carbocycles. The lowest BCUT2D eigenvalue weighted by Gasteiger charge is -2.55. The van der Waals surface area contributed by atoms with Crippen molar-refractivity contribution in [1.29, 1.82) is 0 Å². The molecule has 0 aromatic heterocycles. The normalized spacial score (nSPS) is 64.4. The van der Waals surface area contributed by atoms with Gasteiger partial charge in [-0.05, 0) is 0 Å². The molecule has 3 heterocycles. The van der Waals surface area contributed by atoms with Crippen LogP contribution in [0.3, 0.4) is 0 Å². The molecule has 0 radical (unpaired) electrons. The van der Waals surface area contributed by atoms with Gasteiger partial charge in [0.25, 0.3) is 6.48 Å². The lowest BCUT2D eigenvalue weighted by molar-refractivity contribution is -0.481. The summed E-state index contributed by atoms with van der Waals surface area (Å²) in [6.07, 6.45) is -5.06. The summed E-state index contributed by atoms with van der Waals surface area (Å²) in [7, 11) is 0. The van der Waals surface area contributed by atoms with Crippen LogP contribution in [0.4, 0.5) is 0 Å². The molecule has 3 N–H and O–H groups in total. The van der Waals surface area contributed by atoms with Crippen molar-refractivity contribution in [2.24, 2.45) is 0 Å². The average molecular weight is 190 g/mol. The molecule has 0 atom stereocenters. The van der Waals surface area contributed by atoms with Crippen LogP contribution in [0.5, 0.6) is 0 Å². The smallest absolute Gasteiger partial charge is 0.272 e. The van der Waals surface area contributed by atoms with Gasteiger partial charge in [0, 0.05) is 0 Å². The molecule has 13 heavy (non-hydrogen) atoms. The lowest BCUT2D eigenvalue weighted by Crippen LogP contribution is -2.75. The van der Waals surface area contributed by atoms with Crippen LogP contribution in [0.1, 0.15) is 0 Å². The van der Waals surface area contributed by atoms with E-state index in [0.29, 0.717) is 0 Å². The molecule has 4 rings (SSSR count). The standard InChI is InChI=1S/C7H10O6/c8-1-4-2(9)6-3(10)5(1)12-7(11-4)13-6/h1-10H/t1-,2?,3?,4?,5?,6+,7?. The number of rotatable bonds is 0. The zero-order valence-corrected chi connectivity index (χ0v) is 6.61. The maximum Gasteiger partial charge on any atom is 0.272 e. The fraction of sp³-hybridized carbons (Fsp3) is 1.00. The predicted octanol–water partition coefficient (Wildman–Crippen LogP) is -2.45. The zero-order chi connectivity index (χ0) is 9.16. The summed E-state index contributed by atoms with van der Waals surface area (Å²) in [5.74, 6) is 0. The maximum atomic E-state index is 9.54. The summed E-state index contributed by atoms with van der Waals surface area (Å²) >= 11 is 0. The Morgan fingerprint density at radius 2 is 0.923 bits per heavy atom. The molecule has 0 amide bonds. The van der Waals surface area contributed by atoms with Crippen LogP contribution >= 0.6 is 0 Å². The molecule has 0 unspecified atom stereocenters. The van der Waals surface area contributed by atoms with E-state index in [9.17, 15) is 15.3 Å². The van der Waals surface area contributed by atoms with Crippen molar-refractivity contribution in [1.82, 2.24) is 0 Å². The van der Waals surface area contributed by atoms with Gasteiger partial charge in [-0.25, -0.2) is 0 Å². The van der Waals surface area contributed by atoms with Crippen LogP contribution in [0.15, 0.2) is 0 Å². The largest absolute Gasteiger partial charge is 0.387 e. The molecule has 0 aromatic rings. The van der Waals surface area contributed by atoms with Crippen LogP contribution in [-0.2, 0) is 14.2 Å². The Morgan fingerprint density at radius 3 is 1.23 bits per heavy atom. The Hall–Kier alpha value is -0.240. The second-order valence-corrected chi connectivity index (χ2v) is 3.56. The highest BCUT2D eigenvalue weighted by Crippen LogP contribution is 2.39. The van der Waals surface area contributed by atoms with Crippen LogP contribution in [0.2, 0.25) is 0 Å². The van der Waals surface area contributed by atoms with Crippen LogP contribution in [0.25, 0.3) is 0 Å². The van der Waals surface area contributed by atoms with Gasteiger partial charge >= 0.3 is 0 Å². The van der Waals surface area contributed by atoms with Crippen molar-refractivity contribution in [3.05, 3.63) is 0 Å². The second-order valence-electron chi connectivity index (χ2n) is 3.56. The molecule has 1 aliphatic carbocycles. The van der Waals surface area contributed by atoms with Gasteiger partial charge < -0.3 is 29.5 Å². The quantitative estimate of drug-likeness (QED) is 0.393. The fourth-order valence-corrected chi connectivity index (χ4v) is 2.13. The molecular formula is C7H10O6. The van der Waals surface area contributed by atoms with Gasteiger partial charge in [0.2, 0.25) is 0 Å². The molecule has 6 heteroatoms. The van der Waals surface area contributed by atoms with E-state index < -0.39 is 43.1 Å². The van der Waals surface area contributed by atoms with E-state index in [4.69, 9.17) is 14.2 Å². The SMILES string of the molecule is OC1C2OC3OC(C(O)[C@H]1O3)[C@@H]2O. The van der Waals surface area contributed by atoms with Gasteiger partial charge in [0.05, 0.1) is 0 Å². The van der Waals surface area contributed by atoms with Crippen molar-refractivity contribution >= 4 is 0 Å². The molecule has 6 nitrogen and oxygen atoms in total. The molecule has 0 aromatic carbocycles. The third kappa shape index (κ3) is 0.876. The van der Waals surface area contributed by atoms with E-state index in [1.165, 1.54) is 0 Å². The third-order valence-corrected chi connectivity index (χ3v) is 2.82. The summed E-state index contributed by atoms with van der Waals surface area (Å²) in [6.45, 7) is -0.852. The highest BCUT2D eigenvalue weighted by molar-refractivity contribution is 5.05. The molecule has 0 spiro atoms. The van der Waals surface area contributed by atoms with Gasteiger partial charge in [0.15, 0.2) is 0 Å². The van der Waals surface area contributed by atoms with Crippen molar-refractivity contribution in [3.63, 3.8) is 0 Å². The van der Waals surface area contributed by atoms with Gasteiger partial charge in [-0.2, -0.15) is 0 Å². The summed E-state index contributed by atoms with van der Waals surface area (Å²) in [5.41, 5.74) is 0. The monoisotopic (exact) mass is 190 g/mol. The van der Waals surface area contributed by atoms with E-state index in [1.807, 2.05) is 0 Å². The number of aliphatic hydroxyl groups excluding tert-OH is 3. The number of aliphatic hydroxyl groups is 3. The average Bonchev–Trinajstić information content (AvgIpc) is 2.12. The molecule has 74 valence electrons. The minimum atomic E-state index is -0.985. The number of hydrogen-bond donors (Lipinski definition) is 3. The minimum Gasteiger partial charge on any atom is -0.387 e. The molecule has 4 aliphatic rings. The molecular weight excluding hydrogens is 180 g/mol. The van der Waals surface area contributed by atoms with Gasteiger partial charge in [0.1, 0.15) is 36.6 Å². The Labute approximate surface area is 73.6 Å². The van der Waals surface area contributed by atoms with E-state index in [-0.39, 0.29) is 0 Å². The van der Waals surface area contributed by atoms with E-state index in [2.05, 4.69) is 0 Å². The summed E-state index contributed by atoms with van der Waals surface area (Å²) in [4.78, 5) is 0. The first-order valence-corrected chi connectivity index (χ1v) is 4.19. The topological polar surface area (TPSA) is 88.4 Å². The fourth-order valence-electron chi connectivity index (χ4n) is 2.13. The molecule has 4 bridgehead atoms. The Kier molecular flexibility index (Phi) is 1.50. The first-order chi connectivity index (χ1) is 6.18. The van der Waals surface area contributed by atoms with Crippen molar-refractivity contribution < 1.29 is 29.5 Å². The van der Waals surface area contributed by atoms with Gasteiger partial charge in [-0.1, -0.05) is 0 Å². The first-order valence-electron chi connectivity index (χ1n) is 4.19. The van der Waals surface area contributed by atoms with Crippen LogP contribution < -0.4 is 0 Å². The number of ether oxygens (including phenoxy) is 3. The van der Waals surface area contributed by atoms with Crippen molar-refractivity contribution in [2.45, 2.75) is 43.1 Å². The lowest BCUT2D eigenvalue weighted by atomic mass is 9.83. The summed E-state index contributed by atoms with van der Waals surface area (Å²) in [5, 5.41) is 28.6. The first kappa shape index (κ1) is 8.10. The minimum absolute atomic E-state index is 0.703. The maximum absolute atomic E-state index is 9.54. The van der Waals surface area contributed by atoms with Crippen molar-refractivity contribution in [2.75, 3.05) is 0 Å². The van der Waals surface area contributed by atoms with Crippen molar-refractivity contribution in [3.8, 4) is 0 Å². The third-order valence-electron chi connectivity index (χ3n) is 2.82. The highest BCUT2D eigenvalue weighted by Gasteiger charge is 2.60. The van der Waals surface area contributed by atoms with Gasteiger partial charge in [-0.15, -0.1) is 0 Å². The molecule has 3 saturated heterocycles. The predicted molar refractivity (Wildman–Crippen MR) is 36.4 cm³/mol. The highest BCUT2D eigenvalue weighted by atomic mass is 16.9. The Morgan fingerprint density at radius 1 is 0.615 bits per heavy atom. The van der Waals surface area contributed by atoms with E-state index >= 15 is 0 Å². The summed E-state index contributed by atoms with van der Waals surface area (Å²) < 4.78 is 15.1. The Bertz CT molecular complexity index is 183. The van der Waals surface area contributed by atoms with E-state index in [0.717, 1.165) is 0 Å². The number of hydrogen-bond acceptors (Lipinski definition) is 6. The molecule has 3 aliphatic heterocycles. The Balaban J connectivity index is 1.97. The molecule has 4 fully saturated rings. The van der Waals surface area contributed by atoms with Crippen LogP contribution in [-0.4, -0.2) is 58.4 Å². The zero-order valence-electron chi connectivity index (χ0n) is 6.61.